The highest BCUT2D eigenvalue weighted by Crippen LogP contribution is 2.20. The van der Waals surface area contributed by atoms with Crippen LogP contribution < -0.4 is 0 Å². The molecule has 1 aromatic heterocycles. The Labute approximate surface area is 141 Å². The molecule has 2 rings (SSSR count). The molecule has 1 aromatic carbocycles. The number of carbonyl (C=O) groups is 1. The van der Waals surface area contributed by atoms with Gasteiger partial charge in [0.2, 0.25) is 0 Å². The van der Waals surface area contributed by atoms with E-state index in [0.717, 1.165) is 25.7 Å². The quantitative estimate of drug-likeness (QED) is 0.495. The zero-order valence-electron chi connectivity index (χ0n) is 11.4. The largest absolute Gasteiger partial charge is 0.294 e. The molecular formula is C15H16BrIN2O. The SMILES string of the molecule is CCC(C)n1ccc(CC(=O)c2cc(Br)ccc2I)n1. The predicted molar refractivity (Wildman–Crippen MR) is 92.1 cm³/mol. The number of benzene rings is 1. The van der Waals surface area contributed by atoms with Crippen LogP contribution in [0.3, 0.4) is 0 Å². The van der Waals surface area contributed by atoms with Gasteiger partial charge in [-0.15, -0.1) is 0 Å². The molecule has 20 heavy (non-hydrogen) atoms. The summed E-state index contributed by atoms with van der Waals surface area (Å²) in [4.78, 5) is 12.4. The van der Waals surface area contributed by atoms with Crippen molar-refractivity contribution in [3.63, 3.8) is 0 Å². The molecule has 0 spiro atoms. The van der Waals surface area contributed by atoms with E-state index in [4.69, 9.17) is 0 Å². The van der Waals surface area contributed by atoms with Crippen LogP contribution in [0.5, 0.6) is 0 Å². The Morgan fingerprint density at radius 3 is 2.90 bits per heavy atom. The molecule has 0 radical (unpaired) electrons. The summed E-state index contributed by atoms with van der Waals surface area (Å²) in [5, 5.41) is 4.48. The topological polar surface area (TPSA) is 34.9 Å². The highest BCUT2D eigenvalue weighted by atomic mass is 127. The maximum atomic E-state index is 12.4. The van der Waals surface area contributed by atoms with Gasteiger partial charge >= 0.3 is 0 Å². The lowest BCUT2D eigenvalue weighted by Crippen LogP contribution is -2.09. The minimum Gasteiger partial charge on any atom is -0.294 e. The van der Waals surface area contributed by atoms with E-state index in [2.05, 4.69) is 57.5 Å². The number of halogens is 2. The van der Waals surface area contributed by atoms with E-state index in [1.165, 1.54) is 0 Å². The fourth-order valence-electron chi connectivity index (χ4n) is 1.88. The number of Topliss-reactive ketones (excluding diaryl/α,β-unsaturated/α-hetero) is 1. The maximum Gasteiger partial charge on any atom is 0.169 e. The standard InChI is InChI=1S/C15H16BrIN2O/c1-3-10(2)19-7-6-12(18-19)9-15(20)13-8-11(16)4-5-14(13)17/h4-8,10H,3,9H2,1-2H3. The molecule has 3 nitrogen and oxygen atoms in total. The normalized spacial score (nSPS) is 12.4. The van der Waals surface area contributed by atoms with E-state index in [1.807, 2.05) is 35.1 Å². The summed E-state index contributed by atoms with van der Waals surface area (Å²) in [6.45, 7) is 4.25. The summed E-state index contributed by atoms with van der Waals surface area (Å²) < 4.78 is 3.82. The Kier molecular flexibility index (Phi) is 5.37. The number of hydrogen-bond donors (Lipinski definition) is 0. The van der Waals surface area contributed by atoms with Crippen molar-refractivity contribution in [2.24, 2.45) is 0 Å². The van der Waals surface area contributed by atoms with Gasteiger partial charge in [0, 0.05) is 25.8 Å². The molecule has 1 atom stereocenters. The van der Waals surface area contributed by atoms with Gasteiger partial charge in [-0.2, -0.15) is 5.10 Å². The van der Waals surface area contributed by atoms with E-state index >= 15 is 0 Å². The fraction of sp³-hybridized carbons (Fsp3) is 0.333. The van der Waals surface area contributed by atoms with Gasteiger partial charge < -0.3 is 0 Å². The number of nitrogens with zero attached hydrogens (tertiary/aromatic N) is 2. The number of ketones is 1. The van der Waals surface area contributed by atoms with Crippen LogP contribution in [0.25, 0.3) is 0 Å². The van der Waals surface area contributed by atoms with Crippen molar-refractivity contribution in [3.05, 3.63) is 49.8 Å². The molecule has 1 heterocycles. The smallest absolute Gasteiger partial charge is 0.169 e. The van der Waals surface area contributed by atoms with Gasteiger partial charge in [0.05, 0.1) is 12.1 Å². The molecule has 0 amide bonds. The first-order valence-corrected chi connectivity index (χ1v) is 8.40. The summed E-state index contributed by atoms with van der Waals surface area (Å²) in [5.74, 6) is 0.102. The average molecular weight is 447 g/mol. The summed E-state index contributed by atoms with van der Waals surface area (Å²) >= 11 is 5.60. The van der Waals surface area contributed by atoms with E-state index in [9.17, 15) is 4.79 Å². The van der Waals surface area contributed by atoms with Crippen molar-refractivity contribution in [2.45, 2.75) is 32.7 Å². The van der Waals surface area contributed by atoms with Gasteiger partial charge in [0.1, 0.15) is 0 Å². The van der Waals surface area contributed by atoms with Gasteiger partial charge in [-0.25, -0.2) is 0 Å². The van der Waals surface area contributed by atoms with Gasteiger partial charge in [-0.05, 0) is 60.2 Å². The second-order valence-corrected chi connectivity index (χ2v) is 6.85. The first kappa shape index (κ1) is 15.7. The molecule has 106 valence electrons. The summed E-state index contributed by atoms with van der Waals surface area (Å²) in [6, 6.07) is 8.04. The lowest BCUT2D eigenvalue weighted by molar-refractivity contribution is 0.0990. The highest BCUT2D eigenvalue weighted by molar-refractivity contribution is 14.1. The Hall–Kier alpha value is -0.690. The lowest BCUT2D eigenvalue weighted by Gasteiger charge is -2.08. The number of hydrogen-bond acceptors (Lipinski definition) is 2. The van der Waals surface area contributed by atoms with Crippen LogP contribution >= 0.6 is 38.5 Å². The third-order valence-electron chi connectivity index (χ3n) is 3.28. The summed E-state index contributed by atoms with van der Waals surface area (Å²) in [6.07, 6.45) is 3.32. The van der Waals surface area contributed by atoms with Crippen molar-refractivity contribution >= 4 is 44.3 Å². The molecule has 0 saturated heterocycles. The predicted octanol–water partition coefficient (Wildman–Crippen LogP) is 4.65. The Morgan fingerprint density at radius 2 is 2.20 bits per heavy atom. The third kappa shape index (κ3) is 3.69. The second-order valence-electron chi connectivity index (χ2n) is 4.77. The number of carbonyl (C=O) groups excluding carboxylic acids is 1. The molecule has 0 saturated carbocycles. The molecule has 5 heteroatoms. The maximum absolute atomic E-state index is 12.4. The average Bonchev–Trinajstić information content (AvgIpc) is 2.89. The van der Waals surface area contributed by atoms with Crippen molar-refractivity contribution in [2.75, 3.05) is 0 Å². The van der Waals surface area contributed by atoms with Crippen LogP contribution in [0.1, 0.15) is 42.4 Å². The van der Waals surface area contributed by atoms with Crippen LogP contribution in [0.2, 0.25) is 0 Å². The van der Waals surface area contributed by atoms with Crippen molar-refractivity contribution in [3.8, 4) is 0 Å². The van der Waals surface area contributed by atoms with Crippen molar-refractivity contribution in [1.29, 1.82) is 0 Å². The van der Waals surface area contributed by atoms with Gasteiger partial charge in [-0.3, -0.25) is 9.48 Å². The first-order valence-electron chi connectivity index (χ1n) is 6.53. The van der Waals surface area contributed by atoms with Crippen LogP contribution in [-0.4, -0.2) is 15.6 Å². The molecular weight excluding hydrogens is 431 g/mol. The molecule has 1 unspecified atom stereocenters. The zero-order chi connectivity index (χ0) is 14.7. The molecule has 0 N–H and O–H groups in total. The van der Waals surface area contributed by atoms with E-state index in [-0.39, 0.29) is 5.78 Å². The monoisotopic (exact) mass is 446 g/mol. The Bertz CT molecular complexity index is 624. The van der Waals surface area contributed by atoms with Crippen LogP contribution in [0.4, 0.5) is 0 Å². The second kappa shape index (κ2) is 6.85. The Morgan fingerprint density at radius 1 is 1.45 bits per heavy atom. The van der Waals surface area contributed by atoms with Crippen LogP contribution in [-0.2, 0) is 6.42 Å². The number of rotatable bonds is 5. The van der Waals surface area contributed by atoms with Crippen molar-refractivity contribution < 1.29 is 4.79 Å². The van der Waals surface area contributed by atoms with Gasteiger partial charge in [0.15, 0.2) is 5.78 Å². The lowest BCUT2D eigenvalue weighted by atomic mass is 10.1. The fourth-order valence-corrected chi connectivity index (χ4v) is 2.87. The van der Waals surface area contributed by atoms with E-state index in [1.54, 1.807) is 0 Å². The molecule has 0 bridgehead atoms. The van der Waals surface area contributed by atoms with Crippen LogP contribution in [0, 0.1) is 3.57 Å². The van der Waals surface area contributed by atoms with Gasteiger partial charge in [0.25, 0.3) is 0 Å². The molecule has 0 aliphatic rings. The minimum atomic E-state index is 0.102. The summed E-state index contributed by atoms with van der Waals surface area (Å²) in [7, 11) is 0. The van der Waals surface area contributed by atoms with E-state index < -0.39 is 0 Å². The molecule has 0 aliphatic heterocycles. The molecule has 0 aliphatic carbocycles. The molecule has 2 aromatic rings. The first-order chi connectivity index (χ1) is 9.51. The molecule has 0 fully saturated rings. The van der Waals surface area contributed by atoms with Gasteiger partial charge in [-0.1, -0.05) is 22.9 Å². The minimum absolute atomic E-state index is 0.102. The zero-order valence-corrected chi connectivity index (χ0v) is 15.2. The Balaban J connectivity index is 2.15. The van der Waals surface area contributed by atoms with Crippen LogP contribution in [0.15, 0.2) is 34.9 Å². The number of aromatic nitrogens is 2. The summed E-state index contributed by atoms with van der Waals surface area (Å²) in [5.41, 5.74) is 1.57. The highest BCUT2D eigenvalue weighted by Gasteiger charge is 2.13. The third-order valence-corrected chi connectivity index (χ3v) is 4.71. The van der Waals surface area contributed by atoms with E-state index in [0.29, 0.717) is 12.5 Å². The van der Waals surface area contributed by atoms with Crippen molar-refractivity contribution in [1.82, 2.24) is 9.78 Å².